The fraction of sp³-hybridized carbons (Fsp3) is 0.833. The van der Waals surface area contributed by atoms with E-state index in [1.54, 1.807) is 11.8 Å². The molecule has 0 aliphatic carbocycles. The Morgan fingerprint density at radius 3 is 2.50 bits per heavy atom. The number of oxime groups is 1. The molecule has 3 unspecified atom stereocenters. The molecule has 2 fully saturated rings. The molecule has 2 aliphatic rings. The van der Waals surface area contributed by atoms with E-state index in [4.69, 9.17) is 15.7 Å². The number of amides is 1. The normalized spacial score (nSPS) is 31.2. The fourth-order valence-electron chi connectivity index (χ4n) is 2.68. The summed E-state index contributed by atoms with van der Waals surface area (Å²) in [6.45, 7) is 4.82. The molecular formula is C12H21N3O3. The number of fused-ring (bicyclic) bond motifs is 2. The lowest BCUT2D eigenvalue weighted by Crippen LogP contribution is -2.54. The third-order valence-electron chi connectivity index (χ3n) is 4.18. The number of nitrogens with zero attached hydrogens (tertiary/aromatic N) is 2. The van der Waals surface area contributed by atoms with E-state index in [9.17, 15) is 4.79 Å². The summed E-state index contributed by atoms with van der Waals surface area (Å²) in [7, 11) is 0. The first-order chi connectivity index (χ1) is 8.51. The SMILES string of the molecule is CCC(C)(C(=O)N1CC2CCC(C1)O2)C(N)=NO. The van der Waals surface area contributed by atoms with E-state index in [-0.39, 0.29) is 24.0 Å². The van der Waals surface area contributed by atoms with Gasteiger partial charge in [-0.25, -0.2) is 0 Å². The van der Waals surface area contributed by atoms with Crippen LogP contribution in [0.15, 0.2) is 5.16 Å². The van der Waals surface area contributed by atoms with Crippen LogP contribution in [0.4, 0.5) is 0 Å². The Kier molecular flexibility index (Phi) is 3.47. The molecule has 0 aromatic rings. The number of morpholine rings is 1. The van der Waals surface area contributed by atoms with Gasteiger partial charge in [-0.3, -0.25) is 4.79 Å². The van der Waals surface area contributed by atoms with Gasteiger partial charge in [0.05, 0.1) is 12.2 Å². The van der Waals surface area contributed by atoms with Crippen molar-refractivity contribution in [1.82, 2.24) is 4.90 Å². The second-order valence-corrected chi connectivity index (χ2v) is 5.34. The molecule has 2 rings (SSSR count). The van der Waals surface area contributed by atoms with E-state index >= 15 is 0 Å². The lowest BCUT2D eigenvalue weighted by molar-refractivity contribution is -0.146. The Morgan fingerprint density at radius 2 is 2.06 bits per heavy atom. The van der Waals surface area contributed by atoms with Gasteiger partial charge < -0.3 is 20.6 Å². The summed E-state index contributed by atoms with van der Waals surface area (Å²) < 4.78 is 5.71. The van der Waals surface area contributed by atoms with Crippen molar-refractivity contribution in [1.29, 1.82) is 0 Å². The molecule has 18 heavy (non-hydrogen) atoms. The third kappa shape index (κ3) is 2.05. The first-order valence-electron chi connectivity index (χ1n) is 6.44. The quantitative estimate of drug-likeness (QED) is 0.333. The zero-order valence-corrected chi connectivity index (χ0v) is 10.9. The van der Waals surface area contributed by atoms with Crippen LogP contribution >= 0.6 is 0 Å². The highest BCUT2D eigenvalue weighted by atomic mass is 16.5. The van der Waals surface area contributed by atoms with Gasteiger partial charge in [0.25, 0.3) is 0 Å². The van der Waals surface area contributed by atoms with Crippen LogP contribution in [0.2, 0.25) is 0 Å². The average Bonchev–Trinajstić information content (AvgIpc) is 2.74. The predicted molar refractivity (Wildman–Crippen MR) is 66.3 cm³/mol. The van der Waals surface area contributed by atoms with Gasteiger partial charge in [0, 0.05) is 13.1 Å². The van der Waals surface area contributed by atoms with E-state index in [1.807, 2.05) is 6.92 Å². The maximum Gasteiger partial charge on any atom is 0.236 e. The highest BCUT2D eigenvalue weighted by molar-refractivity contribution is 6.06. The fourth-order valence-corrected chi connectivity index (χ4v) is 2.68. The van der Waals surface area contributed by atoms with Crippen LogP contribution in [0.5, 0.6) is 0 Å². The highest BCUT2D eigenvalue weighted by Gasteiger charge is 2.44. The number of rotatable bonds is 3. The molecule has 0 radical (unpaired) electrons. The van der Waals surface area contributed by atoms with Crippen LogP contribution < -0.4 is 5.73 Å². The van der Waals surface area contributed by atoms with Crippen molar-refractivity contribution in [3.8, 4) is 0 Å². The summed E-state index contributed by atoms with van der Waals surface area (Å²) in [6, 6.07) is 0. The number of likely N-dealkylation sites (tertiary alicyclic amines) is 1. The van der Waals surface area contributed by atoms with Crippen LogP contribution in [0, 0.1) is 5.41 Å². The van der Waals surface area contributed by atoms with E-state index in [2.05, 4.69) is 5.16 Å². The van der Waals surface area contributed by atoms with Crippen molar-refractivity contribution >= 4 is 11.7 Å². The van der Waals surface area contributed by atoms with Crippen LogP contribution in [0.1, 0.15) is 33.1 Å². The summed E-state index contributed by atoms with van der Waals surface area (Å²) in [4.78, 5) is 14.4. The molecular weight excluding hydrogens is 234 g/mol. The van der Waals surface area contributed by atoms with Crippen molar-refractivity contribution in [3.05, 3.63) is 0 Å². The molecule has 0 spiro atoms. The highest BCUT2D eigenvalue weighted by Crippen LogP contribution is 2.31. The van der Waals surface area contributed by atoms with Crippen LogP contribution in [-0.4, -0.2) is 47.1 Å². The molecule has 0 aromatic carbocycles. The molecule has 0 saturated carbocycles. The predicted octanol–water partition coefficient (Wildman–Crippen LogP) is 0.539. The molecule has 1 amide bonds. The lowest BCUT2D eigenvalue weighted by atomic mass is 9.84. The monoisotopic (exact) mass is 255 g/mol. The maximum absolute atomic E-state index is 12.6. The minimum Gasteiger partial charge on any atom is -0.409 e. The molecule has 2 bridgehead atoms. The first-order valence-corrected chi connectivity index (χ1v) is 6.44. The minimum absolute atomic E-state index is 0.0196. The van der Waals surface area contributed by atoms with Crippen molar-refractivity contribution in [2.45, 2.75) is 45.3 Å². The molecule has 3 N–H and O–H groups in total. The largest absolute Gasteiger partial charge is 0.409 e. The molecule has 0 aromatic heterocycles. The molecule has 102 valence electrons. The Morgan fingerprint density at radius 1 is 1.50 bits per heavy atom. The van der Waals surface area contributed by atoms with E-state index < -0.39 is 5.41 Å². The Hall–Kier alpha value is -1.30. The lowest BCUT2D eigenvalue weighted by Gasteiger charge is -2.37. The molecule has 6 nitrogen and oxygen atoms in total. The minimum atomic E-state index is -0.925. The van der Waals surface area contributed by atoms with Gasteiger partial charge in [0.1, 0.15) is 5.41 Å². The summed E-state index contributed by atoms with van der Waals surface area (Å²) in [5, 5.41) is 11.8. The van der Waals surface area contributed by atoms with Crippen molar-refractivity contribution < 1.29 is 14.7 Å². The van der Waals surface area contributed by atoms with Crippen molar-refractivity contribution in [2.75, 3.05) is 13.1 Å². The Labute approximate surface area is 107 Å². The van der Waals surface area contributed by atoms with Gasteiger partial charge in [0.2, 0.25) is 5.91 Å². The molecule has 6 heteroatoms. The van der Waals surface area contributed by atoms with E-state index in [1.165, 1.54) is 0 Å². The zero-order valence-electron chi connectivity index (χ0n) is 10.9. The second-order valence-electron chi connectivity index (χ2n) is 5.34. The van der Waals surface area contributed by atoms with Gasteiger partial charge in [-0.15, -0.1) is 0 Å². The summed E-state index contributed by atoms with van der Waals surface area (Å²) in [5.41, 5.74) is 4.75. The van der Waals surface area contributed by atoms with Crippen LogP contribution in [0.25, 0.3) is 0 Å². The van der Waals surface area contributed by atoms with Crippen molar-refractivity contribution in [3.63, 3.8) is 0 Å². The molecule has 2 heterocycles. The van der Waals surface area contributed by atoms with Gasteiger partial charge >= 0.3 is 0 Å². The molecule has 2 saturated heterocycles. The second kappa shape index (κ2) is 4.76. The summed E-state index contributed by atoms with van der Waals surface area (Å²) in [5.74, 6) is -0.0886. The first kappa shape index (κ1) is 13.1. The summed E-state index contributed by atoms with van der Waals surface area (Å²) >= 11 is 0. The smallest absolute Gasteiger partial charge is 0.236 e. The van der Waals surface area contributed by atoms with Crippen molar-refractivity contribution in [2.24, 2.45) is 16.3 Å². The number of carbonyl (C=O) groups is 1. The maximum atomic E-state index is 12.6. The molecule has 2 aliphatic heterocycles. The van der Waals surface area contributed by atoms with Crippen LogP contribution in [0.3, 0.4) is 0 Å². The van der Waals surface area contributed by atoms with Gasteiger partial charge in [-0.1, -0.05) is 12.1 Å². The molecule has 3 atom stereocenters. The standard InChI is InChI=1S/C12H21N3O3/c1-3-12(2,10(13)14-17)11(16)15-6-8-4-5-9(7-15)18-8/h8-9,17H,3-7H2,1-2H3,(H2,13,14). The average molecular weight is 255 g/mol. The number of hydrogen-bond donors (Lipinski definition) is 2. The number of ether oxygens (including phenoxy) is 1. The summed E-state index contributed by atoms with van der Waals surface area (Å²) in [6.07, 6.45) is 2.85. The van der Waals surface area contributed by atoms with E-state index in [0.717, 1.165) is 12.8 Å². The van der Waals surface area contributed by atoms with Crippen LogP contribution in [-0.2, 0) is 9.53 Å². The van der Waals surface area contributed by atoms with Gasteiger partial charge in [-0.05, 0) is 26.2 Å². The van der Waals surface area contributed by atoms with Gasteiger partial charge in [-0.2, -0.15) is 0 Å². The topological polar surface area (TPSA) is 88.2 Å². The van der Waals surface area contributed by atoms with Gasteiger partial charge in [0.15, 0.2) is 5.84 Å². The Balaban J connectivity index is 2.15. The number of hydrogen-bond acceptors (Lipinski definition) is 4. The zero-order chi connectivity index (χ0) is 13.3. The third-order valence-corrected chi connectivity index (χ3v) is 4.18. The van der Waals surface area contributed by atoms with E-state index in [0.29, 0.717) is 19.5 Å². The number of nitrogens with two attached hydrogens (primary N) is 1. The number of amidine groups is 1. The number of carbonyl (C=O) groups excluding carboxylic acids is 1. The Bertz CT molecular complexity index is 360.